The highest BCUT2D eigenvalue weighted by molar-refractivity contribution is 5.83. The monoisotopic (exact) mass is 278 g/mol. The number of likely N-dealkylation sites (tertiary alicyclic amines) is 1. The number of aliphatic hydroxyl groups is 1. The Bertz CT molecular complexity index is 469. The zero-order valence-electron chi connectivity index (χ0n) is 11.0. The van der Waals surface area contributed by atoms with Crippen molar-refractivity contribution < 1.29 is 19.8 Å². The van der Waals surface area contributed by atoms with Crippen LogP contribution >= 0.6 is 0 Å². The molecule has 1 aromatic rings. The van der Waals surface area contributed by atoms with Crippen molar-refractivity contribution >= 4 is 12.0 Å². The summed E-state index contributed by atoms with van der Waals surface area (Å²) in [6.45, 7) is 0.877. The van der Waals surface area contributed by atoms with Gasteiger partial charge in [-0.1, -0.05) is 30.3 Å². The van der Waals surface area contributed by atoms with Gasteiger partial charge in [0.05, 0.1) is 6.10 Å². The summed E-state index contributed by atoms with van der Waals surface area (Å²) in [6.07, 6.45) is 0.677. The highest BCUT2D eigenvalue weighted by atomic mass is 16.4. The Labute approximate surface area is 117 Å². The van der Waals surface area contributed by atoms with Crippen molar-refractivity contribution in [3.05, 3.63) is 35.9 Å². The van der Waals surface area contributed by atoms with Gasteiger partial charge in [-0.05, 0) is 18.4 Å². The summed E-state index contributed by atoms with van der Waals surface area (Å²) in [4.78, 5) is 24.9. The number of carboxylic acid groups (broad SMARTS) is 1. The predicted molar refractivity (Wildman–Crippen MR) is 72.2 cm³/mol. The van der Waals surface area contributed by atoms with Crippen molar-refractivity contribution in [1.82, 2.24) is 10.2 Å². The van der Waals surface area contributed by atoms with Crippen molar-refractivity contribution in [2.45, 2.75) is 25.0 Å². The number of carbonyl (C=O) groups excluding carboxylic acids is 1. The number of rotatable bonds is 3. The first-order valence-corrected chi connectivity index (χ1v) is 6.59. The molecule has 0 radical (unpaired) electrons. The molecule has 2 amide bonds. The van der Waals surface area contributed by atoms with Crippen molar-refractivity contribution in [2.75, 3.05) is 13.1 Å². The Kier molecular flexibility index (Phi) is 4.57. The SMILES string of the molecule is O=C(O)[C@@H](NC(=O)N1CCC(O)CC1)c1ccccc1. The molecule has 0 aliphatic carbocycles. The van der Waals surface area contributed by atoms with Crippen LogP contribution in [0.3, 0.4) is 0 Å². The standard InChI is InChI=1S/C14H18N2O4/c17-11-6-8-16(9-7-11)14(20)15-12(13(18)19)10-4-2-1-3-5-10/h1-5,11-12,17H,6-9H2,(H,15,20)(H,18,19)/t12-/m0/s1. The molecule has 0 saturated carbocycles. The molecular formula is C14H18N2O4. The highest BCUT2D eigenvalue weighted by Gasteiger charge is 2.26. The van der Waals surface area contributed by atoms with Crippen LogP contribution in [0.4, 0.5) is 4.79 Å². The van der Waals surface area contributed by atoms with E-state index in [1.165, 1.54) is 4.90 Å². The molecule has 1 heterocycles. The summed E-state index contributed by atoms with van der Waals surface area (Å²) >= 11 is 0. The molecule has 0 unspecified atom stereocenters. The van der Waals surface area contributed by atoms with Crippen LogP contribution in [-0.2, 0) is 4.79 Å². The van der Waals surface area contributed by atoms with E-state index in [1.54, 1.807) is 30.3 Å². The number of aliphatic carboxylic acids is 1. The largest absolute Gasteiger partial charge is 0.479 e. The predicted octanol–water partition coefficient (Wildman–Crippen LogP) is 0.979. The molecule has 1 aliphatic heterocycles. The second-order valence-corrected chi connectivity index (χ2v) is 4.85. The van der Waals surface area contributed by atoms with Crippen molar-refractivity contribution in [3.63, 3.8) is 0 Å². The summed E-state index contributed by atoms with van der Waals surface area (Å²) < 4.78 is 0. The fraction of sp³-hybridized carbons (Fsp3) is 0.429. The number of piperidine rings is 1. The van der Waals surface area contributed by atoms with Crippen LogP contribution < -0.4 is 5.32 Å². The van der Waals surface area contributed by atoms with Crippen LogP contribution in [0, 0.1) is 0 Å². The average molecular weight is 278 g/mol. The molecule has 1 atom stereocenters. The topological polar surface area (TPSA) is 89.9 Å². The van der Waals surface area contributed by atoms with Gasteiger partial charge < -0.3 is 20.4 Å². The number of carbonyl (C=O) groups is 2. The molecule has 0 bridgehead atoms. The van der Waals surface area contributed by atoms with Gasteiger partial charge in [0.2, 0.25) is 0 Å². The van der Waals surface area contributed by atoms with Gasteiger partial charge in [0.1, 0.15) is 0 Å². The lowest BCUT2D eigenvalue weighted by molar-refractivity contribution is -0.139. The molecule has 6 heteroatoms. The van der Waals surface area contributed by atoms with Crippen LogP contribution in [-0.4, -0.2) is 46.3 Å². The van der Waals surface area contributed by atoms with E-state index < -0.39 is 18.0 Å². The van der Waals surface area contributed by atoms with Gasteiger partial charge in [0.15, 0.2) is 6.04 Å². The quantitative estimate of drug-likeness (QED) is 0.768. The summed E-state index contributed by atoms with van der Waals surface area (Å²) in [5.74, 6) is -1.10. The van der Waals surface area contributed by atoms with Gasteiger partial charge in [0.25, 0.3) is 0 Å². The fourth-order valence-electron chi connectivity index (χ4n) is 2.22. The highest BCUT2D eigenvalue weighted by Crippen LogP contribution is 2.15. The molecule has 1 aromatic carbocycles. The van der Waals surface area contributed by atoms with Crippen molar-refractivity contribution in [2.24, 2.45) is 0 Å². The number of nitrogens with one attached hydrogen (secondary N) is 1. The molecule has 6 nitrogen and oxygen atoms in total. The minimum Gasteiger partial charge on any atom is -0.479 e. The van der Waals surface area contributed by atoms with E-state index in [2.05, 4.69) is 5.32 Å². The van der Waals surface area contributed by atoms with Gasteiger partial charge in [-0.15, -0.1) is 0 Å². The lowest BCUT2D eigenvalue weighted by Crippen LogP contribution is -2.47. The van der Waals surface area contributed by atoms with Gasteiger partial charge >= 0.3 is 12.0 Å². The Morgan fingerprint density at radius 2 is 1.80 bits per heavy atom. The zero-order chi connectivity index (χ0) is 14.5. The van der Waals surface area contributed by atoms with Crippen LogP contribution in [0.1, 0.15) is 24.4 Å². The Balaban J connectivity index is 2.02. The molecule has 3 N–H and O–H groups in total. The number of benzene rings is 1. The molecule has 1 fully saturated rings. The van der Waals surface area contributed by atoms with Crippen LogP contribution in [0.25, 0.3) is 0 Å². The van der Waals surface area contributed by atoms with E-state index in [1.807, 2.05) is 0 Å². The third-order valence-corrected chi connectivity index (χ3v) is 3.40. The Morgan fingerprint density at radius 3 is 2.35 bits per heavy atom. The van der Waals surface area contributed by atoms with Gasteiger partial charge in [-0.3, -0.25) is 0 Å². The number of hydrogen-bond donors (Lipinski definition) is 3. The van der Waals surface area contributed by atoms with E-state index in [4.69, 9.17) is 0 Å². The Hall–Kier alpha value is -2.08. The number of carboxylic acids is 1. The van der Waals surface area contributed by atoms with E-state index in [0.29, 0.717) is 31.5 Å². The fourth-order valence-corrected chi connectivity index (χ4v) is 2.22. The van der Waals surface area contributed by atoms with Crippen LogP contribution in [0.5, 0.6) is 0 Å². The molecule has 20 heavy (non-hydrogen) atoms. The molecule has 1 saturated heterocycles. The first kappa shape index (κ1) is 14.3. The summed E-state index contributed by atoms with van der Waals surface area (Å²) in [7, 11) is 0. The third-order valence-electron chi connectivity index (χ3n) is 3.40. The van der Waals surface area contributed by atoms with E-state index in [0.717, 1.165) is 0 Å². The Morgan fingerprint density at radius 1 is 1.20 bits per heavy atom. The molecule has 0 aromatic heterocycles. The van der Waals surface area contributed by atoms with Crippen molar-refractivity contribution in [1.29, 1.82) is 0 Å². The minimum absolute atomic E-state index is 0.372. The van der Waals surface area contributed by atoms with E-state index in [9.17, 15) is 19.8 Å². The smallest absolute Gasteiger partial charge is 0.330 e. The summed E-state index contributed by atoms with van der Waals surface area (Å²) in [6, 6.07) is 7.11. The maximum atomic E-state index is 12.1. The van der Waals surface area contributed by atoms with Gasteiger partial charge in [-0.2, -0.15) is 0 Å². The maximum Gasteiger partial charge on any atom is 0.330 e. The normalized spacial score (nSPS) is 17.6. The first-order chi connectivity index (χ1) is 9.58. The zero-order valence-corrected chi connectivity index (χ0v) is 11.0. The van der Waals surface area contributed by atoms with Crippen LogP contribution in [0.15, 0.2) is 30.3 Å². The third kappa shape index (κ3) is 3.48. The maximum absolute atomic E-state index is 12.1. The number of aliphatic hydroxyl groups excluding tert-OH is 1. The first-order valence-electron chi connectivity index (χ1n) is 6.59. The average Bonchev–Trinajstić information content (AvgIpc) is 2.46. The number of amides is 2. The summed E-state index contributed by atoms with van der Waals surface area (Å²) in [5, 5.41) is 21.2. The van der Waals surface area contributed by atoms with E-state index in [-0.39, 0.29) is 6.10 Å². The molecule has 108 valence electrons. The van der Waals surface area contributed by atoms with Crippen LogP contribution in [0.2, 0.25) is 0 Å². The second kappa shape index (κ2) is 6.38. The molecule has 2 rings (SSSR count). The lowest BCUT2D eigenvalue weighted by atomic mass is 10.1. The molecule has 1 aliphatic rings. The van der Waals surface area contributed by atoms with Gasteiger partial charge in [-0.25, -0.2) is 9.59 Å². The second-order valence-electron chi connectivity index (χ2n) is 4.85. The summed E-state index contributed by atoms with van der Waals surface area (Å²) in [5.41, 5.74) is 0.533. The lowest BCUT2D eigenvalue weighted by Gasteiger charge is -2.30. The van der Waals surface area contributed by atoms with Gasteiger partial charge in [0, 0.05) is 13.1 Å². The molecular weight excluding hydrogens is 260 g/mol. The molecule has 0 spiro atoms. The minimum atomic E-state index is -1.10. The van der Waals surface area contributed by atoms with Crippen molar-refractivity contribution in [3.8, 4) is 0 Å². The number of urea groups is 1. The van der Waals surface area contributed by atoms with E-state index >= 15 is 0 Å². The number of hydrogen-bond acceptors (Lipinski definition) is 3. The number of nitrogens with zero attached hydrogens (tertiary/aromatic N) is 1.